The van der Waals surface area contributed by atoms with Crippen LogP contribution in [0.15, 0.2) is 72.8 Å². The summed E-state index contributed by atoms with van der Waals surface area (Å²) in [5, 5.41) is 14.0. The maximum atomic E-state index is 13.4. The molecule has 9 nitrogen and oxygen atoms in total. The third-order valence-electron chi connectivity index (χ3n) is 5.52. The summed E-state index contributed by atoms with van der Waals surface area (Å²) < 4.78 is 0.532. The average molecular weight is 472 g/mol. The van der Waals surface area contributed by atoms with Crippen LogP contribution in [-0.4, -0.2) is 38.6 Å². The molecule has 1 aromatic heterocycles. The van der Waals surface area contributed by atoms with Crippen molar-refractivity contribution < 1.29 is 19.3 Å². The number of hydrogen-bond donors (Lipinski definition) is 1. The van der Waals surface area contributed by atoms with Gasteiger partial charge in [0.05, 0.1) is 26.3 Å². The topological polar surface area (TPSA) is 123 Å². The van der Waals surface area contributed by atoms with Gasteiger partial charge in [-0.15, -0.1) is 0 Å². The number of nitro groups is 1. The van der Waals surface area contributed by atoms with Crippen molar-refractivity contribution in [3.05, 3.63) is 99.6 Å². The maximum absolute atomic E-state index is 13.4. The van der Waals surface area contributed by atoms with Crippen LogP contribution >= 0.6 is 11.3 Å². The molecule has 1 N–H and O–H groups in total. The molecule has 0 saturated carbocycles. The number of carbonyl (C=O) groups is 3. The van der Waals surface area contributed by atoms with Gasteiger partial charge in [-0.3, -0.25) is 29.4 Å². The summed E-state index contributed by atoms with van der Waals surface area (Å²) in [6.07, 6.45) is 0.120. The first-order valence-corrected chi connectivity index (χ1v) is 11.1. The van der Waals surface area contributed by atoms with Crippen LogP contribution in [0.2, 0.25) is 0 Å². The monoisotopic (exact) mass is 472 g/mol. The normalized spacial score (nSPS) is 13.7. The van der Waals surface area contributed by atoms with Crippen molar-refractivity contribution in [2.75, 3.05) is 5.32 Å². The average Bonchev–Trinajstić information content (AvgIpc) is 3.35. The minimum atomic E-state index is -1.11. The number of imide groups is 1. The van der Waals surface area contributed by atoms with Gasteiger partial charge in [0.25, 0.3) is 17.5 Å². The summed E-state index contributed by atoms with van der Waals surface area (Å²) in [5.41, 5.74) is 1.70. The fourth-order valence-electron chi connectivity index (χ4n) is 3.90. The number of benzene rings is 3. The second-order valence-corrected chi connectivity index (χ2v) is 8.68. The highest BCUT2D eigenvalue weighted by Crippen LogP contribution is 2.31. The van der Waals surface area contributed by atoms with E-state index < -0.39 is 28.7 Å². The van der Waals surface area contributed by atoms with E-state index in [1.54, 1.807) is 24.3 Å². The summed E-state index contributed by atoms with van der Waals surface area (Å²) in [5.74, 6) is -1.64. The molecule has 3 aromatic carbocycles. The van der Waals surface area contributed by atoms with E-state index in [-0.39, 0.29) is 28.4 Å². The molecule has 0 radical (unpaired) electrons. The van der Waals surface area contributed by atoms with E-state index in [1.165, 1.54) is 18.2 Å². The Labute approximate surface area is 196 Å². The number of carbonyl (C=O) groups excluding carboxylic acids is 3. The van der Waals surface area contributed by atoms with E-state index in [0.29, 0.717) is 10.2 Å². The quantitative estimate of drug-likeness (QED) is 0.257. The highest BCUT2D eigenvalue weighted by Gasteiger charge is 2.42. The molecule has 34 heavy (non-hydrogen) atoms. The van der Waals surface area contributed by atoms with E-state index in [1.807, 2.05) is 30.3 Å². The van der Waals surface area contributed by atoms with Gasteiger partial charge in [-0.05, 0) is 23.8 Å². The molecule has 3 amide bonds. The number of rotatable bonds is 6. The molecule has 5 rings (SSSR count). The number of fused-ring (bicyclic) bond motifs is 2. The van der Waals surface area contributed by atoms with Crippen molar-refractivity contribution in [3.8, 4) is 0 Å². The van der Waals surface area contributed by atoms with Gasteiger partial charge in [-0.2, -0.15) is 0 Å². The van der Waals surface area contributed by atoms with Crippen LogP contribution in [-0.2, 0) is 11.2 Å². The van der Waals surface area contributed by atoms with Gasteiger partial charge >= 0.3 is 0 Å². The first-order valence-electron chi connectivity index (χ1n) is 10.3. The lowest BCUT2D eigenvalue weighted by atomic mass is 10.0. The molecule has 0 saturated heterocycles. The first-order chi connectivity index (χ1) is 16.4. The zero-order chi connectivity index (χ0) is 23.8. The molecule has 0 fully saturated rings. The number of nitro benzene ring substituents is 1. The molecule has 1 atom stereocenters. The summed E-state index contributed by atoms with van der Waals surface area (Å²) in [4.78, 5) is 55.4. The van der Waals surface area contributed by atoms with E-state index in [4.69, 9.17) is 0 Å². The lowest BCUT2D eigenvalue weighted by Crippen LogP contribution is -2.48. The van der Waals surface area contributed by atoms with E-state index in [2.05, 4.69) is 10.3 Å². The highest BCUT2D eigenvalue weighted by atomic mass is 32.1. The summed E-state index contributed by atoms with van der Waals surface area (Å²) in [6, 6.07) is 18.7. The van der Waals surface area contributed by atoms with Gasteiger partial charge in [0.15, 0.2) is 5.13 Å². The fourth-order valence-corrected chi connectivity index (χ4v) is 4.80. The summed E-state index contributed by atoms with van der Waals surface area (Å²) >= 11 is 1.08. The Morgan fingerprint density at radius 3 is 2.29 bits per heavy atom. The molecule has 0 bridgehead atoms. The Bertz CT molecular complexity index is 1430. The molecular formula is C24H16N4O5S. The van der Waals surface area contributed by atoms with Gasteiger partial charge in [-0.25, -0.2) is 4.98 Å². The van der Waals surface area contributed by atoms with Gasteiger partial charge in [-0.1, -0.05) is 53.8 Å². The third-order valence-corrected chi connectivity index (χ3v) is 6.46. The number of anilines is 1. The van der Waals surface area contributed by atoms with Crippen LogP contribution in [0.5, 0.6) is 0 Å². The van der Waals surface area contributed by atoms with Crippen LogP contribution < -0.4 is 5.32 Å². The number of non-ortho nitro benzene ring substituents is 1. The lowest BCUT2D eigenvalue weighted by molar-refractivity contribution is -0.384. The van der Waals surface area contributed by atoms with E-state index >= 15 is 0 Å². The van der Waals surface area contributed by atoms with Crippen molar-refractivity contribution in [1.82, 2.24) is 9.88 Å². The number of aromatic nitrogens is 1. The molecule has 0 aliphatic carbocycles. The van der Waals surface area contributed by atoms with E-state index in [9.17, 15) is 24.5 Å². The molecule has 0 unspecified atom stereocenters. The Morgan fingerprint density at radius 2 is 1.65 bits per heavy atom. The molecule has 2 heterocycles. The lowest BCUT2D eigenvalue weighted by Gasteiger charge is -2.25. The Kier molecular flexibility index (Phi) is 5.34. The molecular weight excluding hydrogens is 456 g/mol. The van der Waals surface area contributed by atoms with Crippen molar-refractivity contribution in [2.24, 2.45) is 0 Å². The molecule has 10 heteroatoms. The highest BCUT2D eigenvalue weighted by molar-refractivity contribution is 7.22. The predicted molar refractivity (Wildman–Crippen MR) is 126 cm³/mol. The van der Waals surface area contributed by atoms with Crippen LogP contribution in [0.4, 0.5) is 10.8 Å². The van der Waals surface area contributed by atoms with Gasteiger partial charge in [0.1, 0.15) is 6.04 Å². The maximum Gasteiger partial charge on any atom is 0.270 e. The Hall–Kier alpha value is -4.44. The third kappa shape index (κ3) is 3.80. The fraction of sp³-hybridized carbons (Fsp3) is 0.0833. The zero-order valence-electron chi connectivity index (χ0n) is 17.5. The van der Waals surface area contributed by atoms with Crippen LogP contribution in [0, 0.1) is 10.1 Å². The second-order valence-electron chi connectivity index (χ2n) is 7.65. The zero-order valence-corrected chi connectivity index (χ0v) is 18.3. The van der Waals surface area contributed by atoms with Gasteiger partial charge < -0.3 is 5.32 Å². The standard InChI is InChI=1S/C24H16N4O5S/c29-21(26-24-25-18-11-10-15(28(32)33)13-20(18)34-24)19(12-14-6-2-1-3-7-14)27-22(30)16-8-4-5-9-17(16)23(27)31/h1-11,13,19H,12H2,(H,25,26,29)/t19-/m0/s1. The van der Waals surface area contributed by atoms with Crippen LogP contribution in [0.1, 0.15) is 26.3 Å². The second kappa shape index (κ2) is 8.49. The minimum Gasteiger partial charge on any atom is -0.300 e. The van der Waals surface area contributed by atoms with E-state index in [0.717, 1.165) is 21.8 Å². The van der Waals surface area contributed by atoms with Crippen molar-refractivity contribution in [1.29, 1.82) is 0 Å². The number of thiazole rings is 1. The Balaban J connectivity index is 1.47. The number of nitrogens with one attached hydrogen (secondary N) is 1. The number of nitrogens with zero attached hydrogens (tertiary/aromatic N) is 3. The van der Waals surface area contributed by atoms with Gasteiger partial charge in [0, 0.05) is 18.6 Å². The summed E-state index contributed by atoms with van der Waals surface area (Å²) in [6.45, 7) is 0. The molecule has 4 aromatic rings. The first kappa shape index (κ1) is 21.4. The predicted octanol–water partition coefficient (Wildman–Crippen LogP) is 4.05. The van der Waals surface area contributed by atoms with Crippen LogP contribution in [0.3, 0.4) is 0 Å². The molecule has 1 aliphatic rings. The molecule has 168 valence electrons. The van der Waals surface area contributed by atoms with Crippen molar-refractivity contribution in [3.63, 3.8) is 0 Å². The summed E-state index contributed by atoms with van der Waals surface area (Å²) in [7, 11) is 0. The smallest absolute Gasteiger partial charge is 0.270 e. The molecule has 1 aliphatic heterocycles. The number of hydrogen-bond acceptors (Lipinski definition) is 7. The van der Waals surface area contributed by atoms with Crippen molar-refractivity contribution >= 4 is 50.1 Å². The SMILES string of the molecule is O=C(Nc1nc2ccc([N+](=O)[O-])cc2s1)[C@H](Cc1ccccc1)N1C(=O)c2ccccc2C1=O. The van der Waals surface area contributed by atoms with Crippen molar-refractivity contribution in [2.45, 2.75) is 12.5 Å². The molecule has 0 spiro atoms. The van der Waals surface area contributed by atoms with Crippen LogP contribution in [0.25, 0.3) is 10.2 Å². The number of amides is 3. The minimum absolute atomic E-state index is 0.0815. The van der Waals surface area contributed by atoms with Gasteiger partial charge in [0.2, 0.25) is 5.91 Å². The Morgan fingerprint density at radius 1 is 1.00 bits per heavy atom. The largest absolute Gasteiger partial charge is 0.300 e.